The third-order valence-electron chi connectivity index (χ3n) is 5.20. The van der Waals surface area contributed by atoms with E-state index in [9.17, 15) is 4.79 Å². The van der Waals surface area contributed by atoms with E-state index in [1.54, 1.807) is 22.8 Å². The summed E-state index contributed by atoms with van der Waals surface area (Å²) >= 11 is 0. The van der Waals surface area contributed by atoms with Gasteiger partial charge in [0.05, 0.1) is 0 Å². The topological polar surface area (TPSA) is 78.7 Å². The Kier molecular flexibility index (Phi) is 3.93. The molecule has 0 aromatic carbocycles. The van der Waals surface area contributed by atoms with Gasteiger partial charge in [-0.15, -0.1) is 5.10 Å². The molecule has 0 radical (unpaired) electrons. The summed E-state index contributed by atoms with van der Waals surface area (Å²) in [5, 5.41) is 14.4. The molecule has 8 nitrogen and oxygen atoms in total. The zero-order chi connectivity index (χ0) is 16.6. The average Bonchev–Trinajstić information content (AvgIpc) is 3.19. The molecule has 1 saturated heterocycles. The zero-order valence-corrected chi connectivity index (χ0v) is 14.0. The highest BCUT2D eigenvalue weighted by atomic mass is 16.1. The molecular formula is C16H23N7O. The molecule has 1 aliphatic heterocycles. The van der Waals surface area contributed by atoms with Crippen LogP contribution in [0.15, 0.2) is 18.3 Å². The highest BCUT2D eigenvalue weighted by Crippen LogP contribution is 2.45. The average molecular weight is 329 g/mol. The van der Waals surface area contributed by atoms with Crippen molar-refractivity contribution in [2.45, 2.75) is 12.8 Å². The number of fused-ring (bicyclic) bond motifs is 1. The molecule has 1 aliphatic carbocycles. The predicted octanol–water partition coefficient (Wildman–Crippen LogP) is -0.118. The molecule has 1 N–H and O–H groups in total. The maximum Gasteiger partial charge on any atom is 0.251 e. The Bertz CT molecular complexity index is 731. The lowest BCUT2D eigenvalue weighted by Gasteiger charge is -2.34. The Hall–Kier alpha value is -2.06. The Morgan fingerprint density at radius 3 is 2.83 bits per heavy atom. The predicted molar refractivity (Wildman–Crippen MR) is 88.7 cm³/mol. The van der Waals surface area contributed by atoms with Crippen LogP contribution in [0.1, 0.15) is 23.2 Å². The maximum absolute atomic E-state index is 12.4. The van der Waals surface area contributed by atoms with Gasteiger partial charge in [-0.3, -0.25) is 4.79 Å². The summed E-state index contributed by atoms with van der Waals surface area (Å²) in [5.74, 6) is -0.0508. The number of rotatable bonds is 5. The molecule has 2 aliphatic rings. The first-order valence-electron chi connectivity index (χ1n) is 8.51. The minimum absolute atomic E-state index is 0.0508. The Morgan fingerprint density at radius 1 is 1.29 bits per heavy atom. The minimum Gasteiger partial charge on any atom is -0.351 e. The standard InChI is InChI=1S/C16H23N7O/c1-21-6-8-22(9-7-21)12-16(3-4-16)11-17-15(24)13-2-5-23-14(10-13)18-19-20-23/h2,5,10H,3-4,6-9,11-12H2,1H3,(H,17,24). The summed E-state index contributed by atoms with van der Waals surface area (Å²) in [6, 6.07) is 3.47. The van der Waals surface area contributed by atoms with Gasteiger partial charge in [0, 0.05) is 56.4 Å². The molecule has 0 atom stereocenters. The van der Waals surface area contributed by atoms with Crippen molar-refractivity contribution in [3.63, 3.8) is 0 Å². The van der Waals surface area contributed by atoms with E-state index in [0.717, 1.165) is 39.3 Å². The second-order valence-electron chi connectivity index (χ2n) is 7.16. The van der Waals surface area contributed by atoms with E-state index in [1.165, 1.54) is 12.8 Å². The third kappa shape index (κ3) is 3.25. The molecule has 0 spiro atoms. The molecular weight excluding hydrogens is 306 g/mol. The van der Waals surface area contributed by atoms with E-state index in [0.29, 0.717) is 11.2 Å². The first-order chi connectivity index (χ1) is 11.6. The molecule has 2 fully saturated rings. The maximum atomic E-state index is 12.4. The number of hydrogen-bond donors (Lipinski definition) is 1. The summed E-state index contributed by atoms with van der Waals surface area (Å²) in [6.07, 6.45) is 4.11. The molecule has 0 unspecified atom stereocenters. The lowest BCUT2D eigenvalue weighted by atomic mass is 10.1. The molecule has 24 heavy (non-hydrogen) atoms. The first kappa shape index (κ1) is 15.5. The van der Waals surface area contributed by atoms with Gasteiger partial charge in [-0.1, -0.05) is 0 Å². The van der Waals surface area contributed by atoms with E-state index in [1.807, 2.05) is 0 Å². The summed E-state index contributed by atoms with van der Waals surface area (Å²) in [5.41, 5.74) is 1.46. The van der Waals surface area contributed by atoms with Crippen molar-refractivity contribution in [2.24, 2.45) is 5.41 Å². The van der Waals surface area contributed by atoms with Gasteiger partial charge in [0.2, 0.25) is 0 Å². The number of piperazine rings is 1. The van der Waals surface area contributed by atoms with Crippen LogP contribution in [0.3, 0.4) is 0 Å². The largest absolute Gasteiger partial charge is 0.351 e. The fraction of sp³-hybridized carbons (Fsp3) is 0.625. The van der Waals surface area contributed by atoms with Crippen LogP contribution in [0.25, 0.3) is 5.65 Å². The Morgan fingerprint density at radius 2 is 2.08 bits per heavy atom. The van der Waals surface area contributed by atoms with Crippen LogP contribution in [0, 0.1) is 5.41 Å². The van der Waals surface area contributed by atoms with E-state index in [-0.39, 0.29) is 11.3 Å². The molecule has 128 valence electrons. The van der Waals surface area contributed by atoms with E-state index in [2.05, 4.69) is 37.7 Å². The quantitative estimate of drug-likeness (QED) is 0.824. The smallest absolute Gasteiger partial charge is 0.251 e. The normalized spacial score (nSPS) is 21.0. The molecule has 2 aromatic rings. The van der Waals surface area contributed by atoms with Crippen molar-refractivity contribution in [3.8, 4) is 0 Å². The number of hydrogen-bond acceptors (Lipinski definition) is 6. The fourth-order valence-corrected chi connectivity index (χ4v) is 3.30. The Labute approximate surface area is 140 Å². The van der Waals surface area contributed by atoms with Crippen LogP contribution in [0.4, 0.5) is 0 Å². The van der Waals surface area contributed by atoms with Crippen molar-refractivity contribution >= 4 is 11.6 Å². The lowest BCUT2D eigenvalue weighted by Crippen LogP contribution is -2.47. The van der Waals surface area contributed by atoms with Crippen LogP contribution in [0.5, 0.6) is 0 Å². The second-order valence-corrected chi connectivity index (χ2v) is 7.16. The summed E-state index contributed by atoms with van der Waals surface area (Å²) in [7, 11) is 2.17. The van der Waals surface area contributed by atoms with Crippen molar-refractivity contribution in [1.29, 1.82) is 0 Å². The number of carbonyl (C=O) groups is 1. The van der Waals surface area contributed by atoms with Crippen molar-refractivity contribution in [2.75, 3.05) is 46.3 Å². The summed E-state index contributed by atoms with van der Waals surface area (Å²) in [6.45, 7) is 6.36. The van der Waals surface area contributed by atoms with Crippen molar-refractivity contribution in [3.05, 3.63) is 23.9 Å². The van der Waals surface area contributed by atoms with Gasteiger partial charge in [-0.25, -0.2) is 4.52 Å². The number of likely N-dealkylation sites (N-methyl/N-ethyl adjacent to an activating group) is 1. The number of aromatic nitrogens is 4. The van der Waals surface area contributed by atoms with Crippen LogP contribution in [-0.4, -0.2) is 82.1 Å². The number of tetrazole rings is 1. The van der Waals surface area contributed by atoms with Gasteiger partial charge in [-0.05, 0) is 42.4 Å². The summed E-state index contributed by atoms with van der Waals surface area (Å²) < 4.78 is 1.55. The van der Waals surface area contributed by atoms with Gasteiger partial charge in [0.1, 0.15) is 0 Å². The van der Waals surface area contributed by atoms with Crippen molar-refractivity contribution < 1.29 is 4.79 Å². The van der Waals surface area contributed by atoms with Crippen molar-refractivity contribution in [1.82, 2.24) is 35.2 Å². The highest BCUT2D eigenvalue weighted by Gasteiger charge is 2.44. The number of nitrogens with one attached hydrogen (secondary N) is 1. The number of nitrogens with zero attached hydrogens (tertiary/aromatic N) is 6. The van der Waals surface area contributed by atoms with Gasteiger partial charge >= 0.3 is 0 Å². The van der Waals surface area contributed by atoms with E-state index in [4.69, 9.17) is 0 Å². The van der Waals surface area contributed by atoms with Gasteiger partial charge in [-0.2, -0.15) is 0 Å². The molecule has 4 rings (SSSR count). The SMILES string of the molecule is CN1CCN(CC2(CNC(=O)c3ccn4nnnc4c3)CC2)CC1. The molecule has 2 aromatic heterocycles. The third-order valence-corrected chi connectivity index (χ3v) is 5.20. The van der Waals surface area contributed by atoms with Crippen LogP contribution >= 0.6 is 0 Å². The Balaban J connectivity index is 1.33. The number of amides is 1. The zero-order valence-electron chi connectivity index (χ0n) is 14.0. The van der Waals surface area contributed by atoms with Gasteiger partial charge in [0.15, 0.2) is 5.65 Å². The fourth-order valence-electron chi connectivity index (χ4n) is 3.30. The summed E-state index contributed by atoms with van der Waals surface area (Å²) in [4.78, 5) is 17.3. The molecule has 3 heterocycles. The van der Waals surface area contributed by atoms with E-state index >= 15 is 0 Å². The molecule has 1 amide bonds. The molecule has 1 saturated carbocycles. The van der Waals surface area contributed by atoms with Gasteiger partial charge in [0.25, 0.3) is 5.91 Å². The van der Waals surface area contributed by atoms with Crippen LogP contribution in [-0.2, 0) is 0 Å². The monoisotopic (exact) mass is 329 g/mol. The highest BCUT2D eigenvalue weighted by molar-refractivity contribution is 5.95. The number of pyridine rings is 1. The minimum atomic E-state index is -0.0508. The lowest BCUT2D eigenvalue weighted by molar-refractivity contribution is 0.0927. The van der Waals surface area contributed by atoms with E-state index < -0.39 is 0 Å². The van der Waals surface area contributed by atoms with Crippen LogP contribution < -0.4 is 5.32 Å². The number of carbonyl (C=O) groups excluding carboxylic acids is 1. The first-order valence-corrected chi connectivity index (χ1v) is 8.51. The molecule has 8 heteroatoms. The molecule has 0 bridgehead atoms. The van der Waals surface area contributed by atoms with Gasteiger partial charge < -0.3 is 15.1 Å². The second kappa shape index (κ2) is 6.10. The van der Waals surface area contributed by atoms with Crippen LogP contribution in [0.2, 0.25) is 0 Å².